The molecule has 0 aromatic carbocycles. The highest BCUT2D eigenvalue weighted by atomic mass is 16.5. The van der Waals surface area contributed by atoms with Gasteiger partial charge in [0.05, 0.1) is 6.10 Å². The lowest BCUT2D eigenvalue weighted by Gasteiger charge is -2.22. The zero-order valence-electron chi connectivity index (χ0n) is 9.53. The molecule has 0 saturated carbocycles. The molecular weight excluding hydrogens is 192 g/mol. The summed E-state index contributed by atoms with van der Waals surface area (Å²) in [7, 11) is 0. The molecule has 1 aliphatic rings. The number of aliphatic hydroxyl groups is 1. The largest absolute Gasteiger partial charge is 0.461 e. The molecule has 0 fully saturated rings. The molecule has 0 aliphatic heterocycles. The first kappa shape index (κ1) is 12.2. The highest BCUT2D eigenvalue weighted by molar-refractivity contribution is 5.66. The quantitative estimate of drug-likeness (QED) is 0.573. The number of carbonyl (C=O) groups excluding carboxylic acids is 1. The van der Waals surface area contributed by atoms with Crippen molar-refractivity contribution in [2.75, 3.05) is 6.61 Å². The van der Waals surface area contributed by atoms with E-state index in [-0.39, 0.29) is 12.1 Å². The summed E-state index contributed by atoms with van der Waals surface area (Å²) in [6, 6.07) is 0. The molecular formula is C12H20O3. The number of hydrogen-bond donors (Lipinski definition) is 1. The maximum absolute atomic E-state index is 10.6. The fourth-order valence-electron chi connectivity index (χ4n) is 1.96. The fourth-order valence-corrected chi connectivity index (χ4v) is 1.96. The second-order valence-corrected chi connectivity index (χ2v) is 4.37. The van der Waals surface area contributed by atoms with Gasteiger partial charge in [-0.15, -0.1) is 0 Å². The van der Waals surface area contributed by atoms with E-state index in [0.29, 0.717) is 12.5 Å². The topological polar surface area (TPSA) is 46.5 Å². The summed E-state index contributed by atoms with van der Waals surface area (Å²) in [6.07, 6.45) is 5.90. The second kappa shape index (κ2) is 5.91. The van der Waals surface area contributed by atoms with Gasteiger partial charge in [0.15, 0.2) is 0 Å². The average molecular weight is 212 g/mol. The van der Waals surface area contributed by atoms with E-state index in [1.54, 1.807) is 0 Å². The van der Waals surface area contributed by atoms with E-state index in [9.17, 15) is 9.90 Å². The van der Waals surface area contributed by atoms with Crippen molar-refractivity contribution in [2.45, 2.75) is 45.6 Å². The number of rotatable bonds is 4. The first-order valence-corrected chi connectivity index (χ1v) is 5.57. The normalized spacial score (nSPS) is 23.1. The van der Waals surface area contributed by atoms with E-state index in [1.165, 1.54) is 12.5 Å². The van der Waals surface area contributed by atoms with Crippen LogP contribution in [0.25, 0.3) is 0 Å². The van der Waals surface area contributed by atoms with Crippen LogP contribution in [0.3, 0.4) is 0 Å². The highest BCUT2D eigenvalue weighted by Gasteiger charge is 2.16. The van der Waals surface area contributed by atoms with Gasteiger partial charge in [0.2, 0.25) is 0 Å². The predicted octanol–water partition coefficient (Wildman–Crippen LogP) is 2.05. The molecule has 0 spiro atoms. The molecule has 1 N–H and O–H groups in total. The molecule has 3 heteroatoms. The van der Waals surface area contributed by atoms with E-state index in [2.05, 4.69) is 6.08 Å². The SMILES string of the molecule is CC(=O)OCC1=CCC(CC(C)O)CC1. The van der Waals surface area contributed by atoms with Gasteiger partial charge in [0.25, 0.3) is 0 Å². The molecule has 0 aromatic heterocycles. The second-order valence-electron chi connectivity index (χ2n) is 4.37. The van der Waals surface area contributed by atoms with Crippen molar-refractivity contribution in [3.8, 4) is 0 Å². The Morgan fingerprint density at radius 1 is 1.73 bits per heavy atom. The molecule has 0 radical (unpaired) electrons. The smallest absolute Gasteiger partial charge is 0.302 e. The van der Waals surface area contributed by atoms with Crippen LogP contribution in [0.2, 0.25) is 0 Å². The minimum atomic E-state index is -0.220. The monoisotopic (exact) mass is 212 g/mol. The molecule has 1 aliphatic carbocycles. The lowest BCUT2D eigenvalue weighted by Crippen LogP contribution is -2.14. The standard InChI is InChI=1S/C12H20O3/c1-9(13)7-11-3-5-12(6-4-11)8-15-10(2)14/h5,9,11,13H,3-4,6-8H2,1-2H3. The minimum Gasteiger partial charge on any atom is -0.461 e. The number of hydrogen-bond acceptors (Lipinski definition) is 3. The van der Waals surface area contributed by atoms with Crippen molar-refractivity contribution >= 4 is 5.97 Å². The van der Waals surface area contributed by atoms with Crippen LogP contribution in [0.5, 0.6) is 0 Å². The Labute approximate surface area is 91.1 Å². The Balaban J connectivity index is 2.28. The summed E-state index contributed by atoms with van der Waals surface area (Å²) in [5.74, 6) is 0.369. The summed E-state index contributed by atoms with van der Waals surface area (Å²) in [5.41, 5.74) is 1.21. The highest BCUT2D eigenvalue weighted by Crippen LogP contribution is 2.27. The third kappa shape index (κ3) is 4.98. The van der Waals surface area contributed by atoms with Gasteiger partial charge in [-0.1, -0.05) is 6.08 Å². The van der Waals surface area contributed by atoms with Gasteiger partial charge in [0, 0.05) is 6.92 Å². The summed E-state index contributed by atoms with van der Waals surface area (Å²) in [6.45, 7) is 3.70. The number of ether oxygens (including phenoxy) is 1. The lowest BCUT2D eigenvalue weighted by atomic mass is 9.86. The Kier molecular flexibility index (Phi) is 4.82. The van der Waals surface area contributed by atoms with Gasteiger partial charge in [-0.3, -0.25) is 4.79 Å². The molecule has 0 amide bonds. The van der Waals surface area contributed by atoms with Crippen LogP contribution in [0.4, 0.5) is 0 Å². The number of esters is 1. The van der Waals surface area contributed by atoms with Crippen molar-refractivity contribution in [2.24, 2.45) is 5.92 Å². The molecule has 15 heavy (non-hydrogen) atoms. The van der Waals surface area contributed by atoms with Gasteiger partial charge >= 0.3 is 5.97 Å². The van der Waals surface area contributed by atoms with Crippen LogP contribution in [0, 0.1) is 5.92 Å². The van der Waals surface area contributed by atoms with Gasteiger partial charge in [-0.25, -0.2) is 0 Å². The Hall–Kier alpha value is -0.830. The van der Waals surface area contributed by atoms with Crippen molar-refractivity contribution in [3.63, 3.8) is 0 Å². The van der Waals surface area contributed by atoms with Crippen molar-refractivity contribution < 1.29 is 14.6 Å². The first-order valence-electron chi connectivity index (χ1n) is 5.57. The molecule has 2 atom stereocenters. The first-order chi connectivity index (χ1) is 7.08. The van der Waals surface area contributed by atoms with Gasteiger partial charge in [0.1, 0.15) is 6.61 Å². The van der Waals surface area contributed by atoms with Gasteiger partial charge in [-0.05, 0) is 44.1 Å². The Bertz CT molecular complexity index is 243. The number of carbonyl (C=O) groups is 1. The van der Waals surface area contributed by atoms with Crippen LogP contribution >= 0.6 is 0 Å². The number of allylic oxidation sites excluding steroid dienone is 1. The maximum atomic E-state index is 10.6. The van der Waals surface area contributed by atoms with Crippen molar-refractivity contribution in [1.29, 1.82) is 0 Å². The summed E-state index contributed by atoms with van der Waals surface area (Å²) < 4.78 is 4.94. The molecule has 2 unspecified atom stereocenters. The predicted molar refractivity (Wildman–Crippen MR) is 58.4 cm³/mol. The van der Waals surface area contributed by atoms with Crippen LogP contribution in [0.1, 0.15) is 39.5 Å². The summed E-state index contributed by atoms with van der Waals surface area (Å²) in [4.78, 5) is 10.6. The zero-order chi connectivity index (χ0) is 11.3. The Morgan fingerprint density at radius 2 is 2.47 bits per heavy atom. The zero-order valence-corrected chi connectivity index (χ0v) is 9.53. The molecule has 0 heterocycles. The van der Waals surface area contributed by atoms with Crippen molar-refractivity contribution in [3.05, 3.63) is 11.6 Å². The molecule has 1 rings (SSSR count). The average Bonchev–Trinajstić information content (AvgIpc) is 2.16. The van der Waals surface area contributed by atoms with Gasteiger partial charge in [-0.2, -0.15) is 0 Å². The van der Waals surface area contributed by atoms with Crippen LogP contribution in [-0.2, 0) is 9.53 Å². The molecule has 0 aromatic rings. The Morgan fingerprint density at radius 3 is 2.93 bits per heavy atom. The maximum Gasteiger partial charge on any atom is 0.302 e. The van der Waals surface area contributed by atoms with E-state index in [1.807, 2.05) is 6.92 Å². The van der Waals surface area contributed by atoms with Gasteiger partial charge < -0.3 is 9.84 Å². The minimum absolute atomic E-state index is 0.210. The summed E-state index contributed by atoms with van der Waals surface area (Å²) in [5, 5.41) is 9.26. The van der Waals surface area contributed by atoms with E-state index in [4.69, 9.17) is 4.74 Å². The van der Waals surface area contributed by atoms with Crippen LogP contribution < -0.4 is 0 Å². The van der Waals surface area contributed by atoms with Crippen molar-refractivity contribution in [1.82, 2.24) is 0 Å². The molecule has 0 bridgehead atoms. The number of aliphatic hydroxyl groups excluding tert-OH is 1. The lowest BCUT2D eigenvalue weighted by molar-refractivity contribution is -0.140. The molecule has 0 saturated heterocycles. The third-order valence-corrected chi connectivity index (χ3v) is 2.75. The fraction of sp³-hybridized carbons (Fsp3) is 0.750. The van der Waals surface area contributed by atoms with E-state index >= 15 is 0 Å². The third-order valence-electron chi connectivity index (χ3n) is 2.75. The molecule has 3 nitrogen and oxygen atoms in total. The van der Waals surface area contributed by atoms with Crippen LogP contribution in [0.15, 0.2) is 11.6 Å². The molecule has 86 valence electrons. The van der Waals surface area contributed by atoms with E-state index in [0.717, 1.165) is 25.7 Å². The van der Waals surface area contributed by atoms with Crippen LogP contribution in [-0.4, -0.2) is 23.8 Å². The summed E-state index contributed by atoms with van der Waals surface area (Å²) >= 11 is 0. The van der Waals surface area contributed by atoms with E-state index < -0.39 is 0 Å².